The van der Waals surface area contributed by atoms with Gasteiger partial charge in [0.2, 0.25) is 0 Å². The molecule has 0 saturated carbocycles. The van der Waals surface area contributed by atoms with E-state index in [4.69, 9.17) is 24.8 Å². The Labute approximate surface area is 273 Å². The number of cyclic esters (lactones) is 1. The molecule has 2 N–H and O–H groups in total. The highest BCUT2D eigenvalue weighted by atomic mass is 32.1. The van der Waals surface area contributed by atoms with Crippen molar-refractivity contribution in [2.45, 2.75) is 72.2 Å². The average molecular weight is 660 g/mol. The third-order valence-corrected chi connectivity index (χ3v) is 9.70. The highest BCUT2D eigenvalue weighted by Crippen LogP contribution is 2.39. The summed E-state index contributed by atoms with van der Waals surface area (Å²) >= 11 is 1.29. The van der Waals surface area contributed by atoms with Crippen LogP contribution in [-0.4, -0.2) is 77.4 Å². The molecule has 1 aliphatic heterocycles. The Morgan fingerprint density at radius 2 is 1.78 bits per heavy atom. The lowest BCUT2D eigenvalue weighted by molar-refractivity contribution is -0.145. The number of amidine groups is 1. The van der Waals surface area contributed by atoms with Gasteiger partial charge in [0.15, 0.2) is 22.0 Å². The lowest BCUT2D eigenvalue weighted by atomic mass is 9.73. The molecule has 9 atom stereocenters. The van der Waals surface area contributed by atoms with E-state index in [2.05, 4.69) is 20.3 Å². The highest BCUT2D eigenvalue weighted by molar-refractivity contribution is 7.14. The summed E-state index contributed by atoms with van der Waals surface area (Å²) in [5.41, 5.74) is 6.21. The number of nitrogens with two attached hydrogens (primary N) is 1. The predicted octanol–water partition coefficient (Wildman–Crippen LogP) is 3.82. The first-order valence-electron chi connectivity index (χ1n) is 15.3. The third kappa shape index (κ3) is 8.80. The van der Waals surface area contributed by atoms with Gasteiger partial charge < -0.3 is 29.6 Å². The first-order chi connectivity index (χ1) is 21.8. The molecular weight excluding hydrogens is 614 g/mol. The number of rotatable bonds is 18. The first kappa shape index (κ1) is 36.8. The maximum absolute atomic E-state index is 13.9. The second-order valence-electron chi connectivity index (χ2n) is 12.3. The second-order valence-corrected chi connectivity index (χ2v) is 13.3. The molecule has 0 amide bonds. The Hall–Kier alpha value is -3.62. The number of hydrogen-bond donors (Lipinski definition) is 1. The summed E-state index contributed by atoms with van der Waals surface area (Å²) in [6, 6.07) is 5.49. The number of hydrogen-bond acceptors (Lipinski definition) is 13. The zero-order chi connectivity index (χ0) is 34.2. The van der Waals surface area contributed by atoms with Crippen molar-refractivity contribution in [1.82, 2.24) is 15.2 Å². The maximum Gasteiger partial charge on any atom is 0.317 e. The van der Waals surface area contributed by atoms with Crippen LogP contribution in [0.4, 0.5) is 0 Å². The van der Waals surface area contributed by atoms with Gasteiger partial charge in [-0.05, 0) is 45.7 Å². The lowest BCUT2D eigenvalue weighted by Crippen LogP contribution is -2.43. The van der Waals surface area contributed by atoms with Crippen LogP contribution in [0.2, 0.25) is 0 Å². The standard InChI is InChI=1S/C32H45N5O8S/c1-17(26(39)19(3)15-38)13-32(6,43-8)14-18(2)27(40)20(4)24-23(16-42-7)44-31(41)25(24)28(33)37-45-21(5)29-35-36-30(46-29)22-11-9-10-12-34-22/h9-12,15,17-21,23-25H,13-14,16H2,1-8H3,(H2,33,37)/t17?,18-,19?,20-,21?,23?,24?,25?,32+/m1/s1. The zero-order valence-electron chi connectivity index (χ0n) is 27.7. The lowest BCUT2D eigenvalue weighted by Gasteiger charge is -2.34. The molecule has 13 nitrogen and oxygen atoms in total. The first-order valence-corrected chi connectivity index (χ1v) is 16.1. The van der Waals surface area contributed by atoms with Crippen LogP contribution >= 0.6 is 11.3 Å². The van der Waals surface area contributed by atoms with Gasteiger partial charge in [0.1, 0.15) is 35.6 Å². The number of ketones is 2. The van der Waals surface area contributed by atoms with Crippen molar-refractivity contribution >= 4 is 41.0 Å². The Bertz CT molecular complexity index is 1390. The van der Waals surface area contributed by atoms with E-state index in [-0.39, 0.29) is 24.0 Å². The predicted molar refractivity (Wildman–Crippen MR) is 170 cm³/mol. The van der Waals surface area contributed by atoms with Crippen molar-refractivity contribution in [2.75, 3.05) is 20.8 Å². The maximum atomic E-state index is 13.9. The molecule has 2 aromatic rings. The molecule has 46 heavy (non-hydrogen) atoms. The normalized spacial score (nSPS) is 23.0. The number of esters is 1. The van der Waals surface area contributed by atoms with Gasteiger partial charge in [-0.1, -0.05) is 43.3 Å². The van der Waals surface area contributed by atoms with Crippen LogP contribution in [-0.2, 0) is 38.2 Å². The van der Waals surface area contributed by atoms with Gasteiger partial charge in [-0.3, -0.25) is 19.4 Å². The largest absolute Gasteiger partial charge is 0.459 e. The summed E-state index contributed by atoms with van der Waals surface area (Å²) in [6.07, 6.45) is 1.57. The van der Waals surface area contributed by atoms with E-state index in [9.17, 15) is 19.2 Å². The molecule has 1 fully saturated rings. The number of aldehydes is 1. The van der Waals surface area contributed by atoms with Crippen molar-refractivity contribution in [1.29, 1.82) is 0 Å². The van der Waals surface area contributed by atoms with Gasteiger partial charge in [0.25, 0.3) is 0 Å². The van der Waals surface area contributed by atoms with Crippen LogP contribution in [0.25, 0.3) is 10.7 Å². The van der Waals surface area contributed by atoms with Crippen molar-refractivity contribution in [3.05, 3.63) is 29.4 Å². The van der Waals surface area contributed by atoms with Gasteiger partial charge in [-0.15, -0.1) is 10.2 Å². The number of nitrogens with zero attached hydrogens (tertiary/aromatic N) is 4. The molecule has 14 heteroatoms. The van der Waals surface area contributed by atoms with Gasteiger partial charge in [0, 0.05) is 44.1 Å². The molecular formula is C32H45N5O8S. The Morgan fingerprint density at radius 1 is 1.11 bits per heavy atom. The summed E-state index contributed by atoms with van der Waals surface area (Å²) < 4.78 is 16.7. The molecule has 3 heterocycles. The molecule has 2 aromatic heterocycles. The van der Waals surface area contributed by atoms with Crippen LogP contribution in [0.3, 0.4) is 0 Å². The van der Waals surface area contributed by atoms with E-state index in [1.165, 1.54) is 25.6 Å². The average Bonchev–Trinajstić information content (AvgIpc) is 3.67. The zero-order valence-corrected chi connectivity index (χ0v) is 28.5. The van der Waals surface area contributed by atoms with Crippen LogP contribution in [0.1, 0.15) is 65.5 Å². The van der Waals surface area contributed by atoms with E-state index >= 15 is 0 Å². The number of aromatic nitrogens is 3. The van der Waals surface area contributed by atoms with Crippen LogP contribution in [0.15, 0.2) is 29.6 Å². The molecule has 3 rings (SSSR count). The molecule has 0 spiro atoms. The number of Topliss-reactive ketones (excluding diaryl/α,β-unsaturated/α-hetero) is 2. The Morgan fingerprint density at radius 3 is 2.37 bits per heavy atom. The summed E-state index contributed by atoms with van der Waals surface area (Å²) in [5.74, 6) is -5.13. The topological polar surface area (TPSA) is 182 Å². The quantitative estimate of drug-likeness (QED) is 0.0611. The summed E-state index contributed by atoms with van der Waals surface area (Å²) in [6.45, 7) is 10.5. The summed E-state index contributed by atoms with van der Waals surface area (Å²) in [7, 11) is 3.02. The second kappa shape index (κ2) is 16.3. The van der Waals surface area contributed by atoms with Crippen molar-refractivity contribution in [2.24, 2.45) is 46.4 Å². The van der Waals surface area contributed by atoms with Gasteiger partial charge in [-0.25, -0.2) is 0 Å². The molecule has 0 bridgehead atoms. The summed E-state index contributed by atoms with van der Waals surface area (Å²) in [4.78, 5) is 60.7. The fourth-order valence-electron chi connectivity index (χ4n) is 6.05. The van der Waals surface area contributed by atoms with Crippen molar-refractivity contribution < 1.29 is 38.2 Å². The number of carbonyl (C=O) groups is 4. The van der Waals surface area contributed by atoms with Crippen LogP contribution < -0.4 is 5.73 Å². The van der Waals surface area contributed by atoms with E-state index in [0.717, 1.165) is 0 Å². The third-order valence-electron chi connectivity index (χ3n) is 8.59. The molecule has 0 radical (unpaired) electrons. The van der Waals surface area contributed by atoms with Gasteiger partial charge >= 0.3 is 5.97 Å². The van der Waals surface area contributed by atoms with Crippen LogP contribution in [0, 0.1) is 35.5 Å². The molecule has 0 aliphatic carbocycles. The fraction of sp³-hybridized carbons (Fsp3) is 0.625. The van der Waals surface area contributed by atoms with Gasteiger partial charge in [0.05, 0.1) is 18.1 Å². The van der Waals surface area contributed by atoms with Gasteiger partial charge in [-0.2, -0.15) is 0 Å². The van der Waals surface area contributed by atoms with E-state index in [1.807, 2.05) is 25.1 Å². The number of oxime groups is 1. The molecule has 252 valence electrons. The molecule has 1 aliphatic rings. The van der Waals surface area contributed by atoms with Crippen molar-refractivity contribution in [3.8, 4) is 10.7 Å². The fourth-order valence-corrected chi connectivity index (χ4v) is 6.84. The smallest absolute Gasteiger partial charge is 0.317 e. The summed E-state index contributed by atoms with van der Waals surface area (Å²) in [5, 5.41) is 13.6. The molecule has 1 saturated heterocycles. The Kier molecular flexibility index (Phi) is 13.0. The minimum Gasteiger partial charge on any atom is -0.459 e. The van der Waals surface area contributed by atoms with E-state index in [1.54, 1.807) is 40.8 Å². The number of ether oxygens (including phenoxy) is 3. The Balaban J connectivity index is 1.76. The number of pyridine rings is 1. The minimum atomic E-state index is -1.05. The molecule has 0 aromatic carbocycles. The van der Waals surface area contributed by atoms with Crippen LogP contribution in [0.5, 0.6) is 0 Å². The van der Waals surface area contributed by atoms with E-state index < -0.39 is 59.3 Å². The van der Waals surface area contributed by atoms with Crippen molar-refractivity contribution in [3.63, 3.8) is 0 Å². The highest BCUT2D eigenvalue weighted by Gasteiger charge is 2.52. The minimum absolute atomic E-state index is 0.0643. The van der Waals surface area contributed by atoms with E-state index in [0.29, 0.717) is 34.8 Å². The monoisotopic (exact) mass is 659 g/mol. The molecule has 6 unspecified atom stereocenters. The number of carbonyl (C=O) groups excluding carboxylic acids is 4. The number of methoxy groups -OCH3 is 2. The SMILES string of the molecule is COCC1OC(=O)C(/C(N)=N/OC(C)c2nnc(-c3ccccn3)s2)C1[C@@H](C)C(=O)[C@H](C)C[C@](C)(CC(C)C(=O)C(C)C=O)OC.